The molecular weight excluding hydrogens is 172 g/mol. The fraction of sp³-hybridized carbons (Fsp3) is 1.00. The molecular formula is C12H22N2. The van der Waals surface area contributed by atoms with Gasteiger partial charge in [-0.25, -0.2) is 0 Å². The Labute approximate surface area is 87.0 Å². The van der Waals surface area contributed by atoms with E-state index in [1.54, 1.807) is 0 Å². The van der Waals surface area contributed by atoms with Gasteiger partial charge in [-0.15, -0.1) is 0 Å². The predicted octanol–water partition coefficient (Wildman–Crippen LogP) is 1.47. The maximum atomic E-state index is 3.56. The molecule has 0 bridgehead atoms. The second-order valence-electron chi connectivity index (χ2n) is 5.34. The standard InChI is InChI=1S/C12H22N2/c1-2-12-11-7-13-6-9(11)8-14(12)10-4-3-5-10/h9-13H,2-8H2,1H3. The molecule has 3 unspecified atom stereocenters. The molecule has 3 rings (SSSR count). The topological polar surface area (TPSA) is 15.3 Å². The number of nitrogens with zero attached hydrogens (tertiary/aromatic N) is 1. The van der Waals surface area contributed by atoms with Crippen molar-refractivity contribution in [3.63, 3.8) is 0 Å². The van der Waals surface area contributed by atoms with E-state index in [1.165, 1.54) is 45.3 Å². The zero-order chi connectivity index (χ0) is 9.54. The summed E-state index contributed by atoms with van der Waals surface area (Å²) in [6.07, 6.45) is 5.79. The number of likely N-dealkylation sites (tertiary alicyclic amines) is 1. The highest BCUT2D eigenvalue weighted by molar-refractivity contribution is 5.01. The maximum Gasteiger partial charge on any atom is 0.0140 e. The molecule has 0 aromatic rings. The van der Waals surface area contributed by atoms with Crippen LogP contribution in [0.15, 0.2) is 0 Å². The first-order valence-electron chi connectivity index (χ1n) is 6.36. The summed E-state index contributed by atoms with van der Waals surface area (Å²) >= 11 is 0. The lowest BCUT2D eigenvalue weighted by Gasteiger charge is -2.39. The van der Waals surface area contributed by atoms with E-state index in [0.717, 1.165) is 23.9 Å². The third-order valence-corrected chi connectivity index (χ3v) is 4.72. The van der Waals surface area contributed by atoms with Crippen molar-refractivity contribution in [2.75, 3.05) is 19.6 Å². The number of rotatable bonds is 2. The fourth-order valence-corrected chi connectivity index (χ4v) is 3.73. The van der Waals surface area contributed by atoms with Crippen molar-refractivity contribution in [2.24, 2.45) is 11.8 Å². The quantitative estimate of drug-likeness (QED) is 0.716. The van der Waals surface area contributed by atoms with E-state index in [2.05, 4.69) is 17.1 Å². The highest BCUT2D eigenvalue weighted by Crippen LogP contribution is 2.39. The van der Waals surface area contributed by atoms with Crippen LogP contribution in [-0.4, -0.2) is 36.6 Å². The van der Waals surface area contributed by atoms with E-state index >= 15 is 0 Å². The van der Waals surface area contributed by atoms with Crippen LogP contribution in [0.1, 0.15) is 32.6 Å². The number of nitrogens with one attached hydrogen (secondary N) is 1. The largest absolute Gasteiger partial charge is 0.316 e. The lowest BCUT2D eigenvalue weighted by atomic mass is 9.89. The van der Waals surface area contributed by atoms with Gasteiger partial charge in [-0.1, -0.05) is 13.3 Å². The Bertz CT molecular complexity index is 212. The van der Waals surface area contributed by atoms with Crippen molar-refractivity contribution < 1.29 is 0 Å². The molecule has 14 heavy (non-hydrogen) atoms. The molecule has 0 amide bonds. The molecule has 1 N–H and O–H groups in total. The molecule has 0 radical (unpaired) electrons. The molecule has 2 saturated heterocycles. The molecule has 2 heterocycles. The average molecular weight is 194 g/mol. The lowest BCUT2D eigenvalue weighted by molar-refractivity contribution is 0.0976. The van der Waals surface area contributed by atoms with Gasteiger partial charge in [0.15, 0.2) is 0 Å². The van der Waals surface area contributed by atoms with E-state index in [9.17, 15) is 0 Å². The predicted molar refractivity (Wildman–Crippen MR) is 58.3 cm³/mol. The third kappa shape index (κ3) is 1.24. The first kappa shape index (κ1) is 9.17. The number of hydrogen-bond donors (Lipinski definition) is 1. The summed E-state index contributed by atoms with van der Waals surface area (Å²) < 4.78 is 0. The van der Waals surface area contributed by atoms with Crippen LogP contribution in [0.2, 0.25) is 0 Å². The van der Waals surface area contributed by atoms with Gasteiger partial charge in [0.2, 0.25) is 0 Å². The second-order valence-corrected chi connectivity index (χ2v) is 5.34. The van der Waals surface area contributed by atoms with Gasteiger partial charge in [-0.3, -0.25) is 4.90 Å². The maximum absolute atomic E-state index is 3.56. The SMILES string of the molecule is CCC1C2CNCC2CN1C1CCC1. The van der Waals surface area contributed by atoms with Crippen LogP contribution in [0.3, 0.4) is 0 Å². The van der Waals surface area contributed by atoms with Crippen molar-refractivity contribution in [1.29, 1.82) is 0 Å². The lowest BCUT2D eigenvalue weighted by Crippen LogP contribution is -2.45. The summed E-state index contributed by atoms with van der Waals surface area (Å²) in [6.45, 7) is 6.33. The first-order chi connectivity index (χ1) is 6.90. The smallest absolute Gasteiger partial charge is 0.0140 e. The van der Waals surface area contributed by atoms with Gasteiger partial charge in [0, 0.05) is 18.6 Å². The zero-order valence-corrected chi connectivity index (χ0v) is 9.21. The Hall–Kier alpha value is -0.0800. The van der Waals surface area contributed by atoms with E-state index in [4.69, 9.17) is 0 Å². The molecule has 2 aliphatic heterocycles. The van der Waals surface area contributed by atoms with Crippen LogP contribution < -0.4 is 5.32 Å². The molecule has 3 atom stereocenters. The Kier molecular flexibility index (Phi) is 2.29. The first-order valence-corrected chi connectivity index (χ1v) is 6.36. The van der Waals surface area contributed by atoms with Crippen molar-refractivity contribution in [3.8, 4) is 0 Å². The zero-order valence-electron chi connectivity index (χ0n) is 9.21. The Morgan fingerprint density at radius 2 is 2.14 bits per heavy atom. The van der Waals surface area contributed by atoms with Gasteiger partial charge in [0.25, 0.3) is 0 Å². The monoisotopic (exact) mass is 194 g/mol. The van der Waals surface area contributed by atoms with Crippen molar-refractivity contribution in [2.45, 2.75) is 44.7 Å². The van der Waals surface area contributed by atoms with Crippen LogP contribution in [0, 0.1) is 11.8 Å². The van der Waals surface area contributed by atoms with Gasteiger partial charge >= 0.3 is 0 Å². The van der Waals surface area contributed by atoms with E-state index in [-0.39, 0.29) is 0 Å². The molecule has 2 nitrogen and oxygen atoms in total. The summed E-state index contributed by atoms with van der Waals surface area (Å²) in [4.78, 5) is 2.85. The molecule has 3 aliphatic rings. The number of hydrogen-bond acceptors (Lipinski definition) is 2. The van der Waals surface area contributed by atoms with E-state index in [1.807, 2.05) is 0 Å². The summed E-state index contributed by atoms with van der Waals surface area (Å²) in [6, 6.07) is 1.87. The highest BCUT2D eigenvalue weighted by atomic mass is 15.2. The molecule has 80 valence electrons. The fourth-order valence-electron chi connectivity index (χ4n) is 3.73. The van der Waals surface area contributed by atoms with Gasteiger partial charge in [0.05, 0.1) is 0 Å². The summed E-state index contributed by atoms with van der Waals surface area (Å²) in [5.74, 6) is 1.95. The van der Waals surface area contributed by atoms with Gasteiger partial charge in [-0.05, 0) is 44.2 Å². The minimum atomic E-state index is 0.903. The molecule has 3 fully saturated rings. The van der Waals surface area contributed by atoms with E-state index in [0.29, 0.717) is 0 Å². The number of fused-ring (bicyclic) bond motifs is 1. The van der Waals surface area contributed by atoms with E-state index < -0.39 is 0 Å². The Morgan fingerprint density at radius 3 is 2.79 bits per heavy atom. The van der Waals surface area contributed by atoms with Crippen LogP contribution >= 0.6 is 0 Å². The van der Waals surface area contributed by atoms with Crippen LogP contribution in [0.5, 0.6) is 0 Å². The normalized spacial score (nSPS) is 43.9. The molecule has 0 aromatic carbocycles. The molecule has 0 spiro atoms. The Balaban J connectivity index is 1.73. The average Bonchev–Trinajstić information content (AvgIpc) is 2.60. The molecule has 1 saturated carbocycles. The van der Waals surface area contributed by atoms with Crippen LogP contribution in [0.4, 0.5) is 0 Å². The molecule has 1 aliphatic carbocycles. The minimum Gasteiger partial charge on any atom is -0.316 e. The van der Waals surface area contributed by atoms with Gasteiger partial charge in [0.1, 0.15) is 0 Å². The van der Waals surface area contributed by atoms with Crippen molar-refractivity contribution in [1.82, 2.24) is 10.2 Å². The Morgan fingerprint density at radius 1 is 1.29 bits per heavy atom. The minimum absolute atomic E-state index is 0.903. The van der Waals surface area contributed by atoms with Gasteiger partial charge in [-0.2, -0.15) is 0 Å². The van der Waals surface area contributed by atoms with Crippen molar-refractivity contribution >= 4 is 0 Å². The van der Waals surface area contributed by atoms with Crippen LogP contribution in [-0.2, 0) is 0 Å². The van der Waals surface area contributed by atoms with Gasteiger partial charge < -0.3 is 5.32 Å². The molecule has 2 heteroatoms. The van der Waals surface area contributed by atoms with Crippen LogP contribution in [0.25, 0.3) is 0 Å². The highest BCUT2D eigenvalue weighted by Gasteiger charge is 2.46. The van der Waals surface area contributed by atoms with Crippen molar-refractivity contribution in [3.05, 3.63) is 0 Å². The third-order valence-electron chi connectivity index (χ3n) is 4.72. The summed E-state index contributed by atoms with van der Waals surface area (Å²) in [7, 11) is 0. The molecule has 0 aromatic heterocycles. The summed E-state index contributed by atoms with van der Waals surface area (Å²) in [5.41, 5.74) is 0. The summed E-state index contributed by atoms with van der Waals surface area (Å²) in [5, 5.41) is 3.56. The second kappa shape index (κ2) is 3.49.